The van der Waals surface area contributed by atoms with Crippen molar-refractivity contribution in [2.45, 2.75) is 11.4 Å². The molecule has 28 heavy (non-hydrogen) atoms. The maximum Gasteiger partial charge on any atom is 0.266 e. The highest BCUT2D eigenvalue weighted by molar-refractivity contribution is 7.89. The molecule has 0 unspecified atom stereocenters. The second-order valence-electron chi connectivity index (χ2n) is 6.00. The zero-order valence-corrected chi connectivity index (χ0v) is 17.1. The van der Waals surface area contributed by atoms with Crippen molar-refractivity contribution in [3.05, 3.63) is 58.9 Å². The lowest BCUT2D eigenvalue weighted by atomic mass is 10.2. The van der Waals surface area contributed by atoms with Gasteiger partial charge in [-0.25, -0.2) is 13.4 Å². The van der Waals surface area contributed by atoms with Crippen LogP contribution in [0.4, 0.5) is 0 Å². The average Bonchev–Trinajstić information content (AvgIpc) is 3.01. The molecule has 0 saturated heterocycles. The van der Waals surface area contributed by atoms with Gasteiger partial charge in [-0.05, 0) is 30.3 Å². The Morgan fingerprint density at radius 3 is 2.68 bits per heavy atom. The number of nitrogens with one attached hydrogen (secondary N) is 1. The van der Waals surface area contributed by atoms with Gasteiger partial charge in [0.1, 0.15) is 10.7 Å². The molecule has 0 aliphatic carbocycles. The van der Waals surface area contributed by atoms with Gasteiger partial charge < -0.3 is 9.88 Å². The number of aryl methyl sites for hydroxylation is 1. The summed E-state index contributed by atoms with van der Waals surface area (Å²) < 4.78 is 27.5. The van der Waals surface area contributed by atoms with E-state index in [9.17, 15) is 13.2 Å². The van der Waals surface area contributed by atoms with Gasteiger partial charge in [-0.15, -0.1) is 0 Å². The van der Waals surface area contributed by atoms with Crippen LogP contribution in [0, 0.1) is 0 Å². The van der Waals surface area contributed by atoms with E-state index in [-0.39, 0.29) is 22.0 Å². The molecule has 0 spiro atoms. The van der Waals surface area contributed by atoms with Crippen molar-refractivity contribution < 1.29 is 18.0 Å². The quantitative estimate of drug-likeness (QED) is 0.615. The van der Waals surface area contributed by atoms with Gasteiger partial charge in [0, 0.05) is 19.7 Å². The van der Waals surface area contributed by atoms with Crippen LogP contribution in [0.5, 0.6) is 0 Å². The van der Waals surface area contributed by atoms with Gasteiger partial charge in [0.15, 0.2) is 0 Å². The molecular weight excluding hydrogens is 404 g/mol. The van der Waals surface area contributed by atoms with E-state index in [0.29, 0.717) is 10.3 Å². The number of imidazole rings is 1. The Hall–Kier alpha value is -2.46. The average molecular weight is 423 g/mol. The van der Waals surface area contributed by atoms with Crippen molar-refractivity contribution in [2.75, 3.05) is 14.2 Å². The molecule has 148 valence electrons. The van der Waals surface area contributed by atoms with E-state index in [1.807, 2.05) is 35.9 Å². The molecule has 0 bridgehead atoms. The molecule has 8 nitrogen and oxygen atoms in total. The molecule has 1 aromatic heterocycles. The van der Waals surface area contributed by atoms with Crippen molar-refractivity contribution in [1.82, 2.24) is 19.3 Å². The molecule has 3 rings (SSSR count). The number of amides is 1. The summed E-state index contributed by atoms with van der Waals surface area (Å²) in [7, 11) is 0.343. The minimum absolute atomic E-state index is 0.00389. The number of nitrogens with zero attached hydrogens (tertiary/aromatic N) is 3. The molecule has 0 radical (unpaired) electrons. The lowest BCUT2D eigenvalue weighted by Crippen LogP contribution is -2.27. The van der Waals surface area contributed by atoms with Gasteiger partial charge >= 0.3 is 0 Å². The van der Waals surface area contributed by atoms with Crippen LogP contribution >= 0.6 is 11.6 Å². The molecule has 0 aliphatic heterocycles. The maximum absolute atomic E-state index is 12.5. The number of hydrogen-bond donors (Lipinski definition) is 1. The smallest absolute Gasteiger partial charge is 0.266 e. The molecular formula is C18H19ClN4O4S. The van der Waals surface area contributed by atoms with Crippen LogP contribution in [0.2, 0.25) is 5.02 Å². The summed E-state index contributed by atoms with van der Waals surface area (Å²) in [6.07, 6.45) is 0. The zero-order valence-electron chi connectivity index (χ0n) is 15.5. The van der Waals surface area contributed by atoms with E-state index in [2.05, 4.69) is 10.3 Å². The number of hydroxylamine groups is 1. The van der Waals surface area contributed by atoms with Gasteiger partial charge in [0.2, 0.25) is 0 Å². The largest absolute Gasteiger partial charge is 0.345 e. The number of aromatic nitrogens is 2. The number of rotatable bonds is 6. The highest BCUT2D eigenvalue weighted by Crippen LogP contribution is 2.25. The van der Waals surface area contributed by atoms with E-state index in [4.69, 9.17) is 16.4 Å². The molecule has 3 aromatic rings. The van der Waals surface area contributed by atoms with E-state index < -0.39 is 15.9 Å². The number of hydrogen-bond acceptors (Lipinski definition) is 5. The second-order valence-corrected chi connectivity index (χ2v) is 8.31. The number of carbonyl (C=O) groups is 1. The fourth-order valence-corrected chi connectivity index (χ4v) is 4.17. The monoisotopic (exact) mass is 422 g/mol. The van der Waals surface area contributed by atoms with E-state index in [1.54, 1.807) is 0 Å². The fraction of sp³-hybridized carbons (Fsp3) is 0.222. The Kier molecular flexibility index (Phi) is 5.71. The Morgan fingerprint density at radius 2 is 2.00 bits per heavy atom. The fourth-order valence-electron chi connectivity index (χ4n) is 2.69. The van der Waals surface area contributed by atoms with E-state index >= 15 is 0 Å². The molecule has 1 N–H and O–H groups in total. The first kappa shape index (κ1) is 20.3. The maximum atomic E-state index is 12.5. The first-order valence-electron chi connectivity index (χ1n) is 8.27. The van der Waals surface area contributed by atoms with Gasteiger partial charge in [-0.1, -0.05) is 28.2 Å². The number of para-hydroxylation sites is 2. The molecule has 0 fully saturated rings. The molecule has 0 saturated carbocycles. The SMILES string of the molecule is CON(C)S(=O)(=O)c1cc(C(=O)NCc2nc3ccccc3n2C)ccc1Cl. The predicted molar refractivity (Wildman–Crippen MR) is 105 cm³/mol. The Labute approximate surface area is 167 Å². The first-order valence-corrected chi connectivity index (χ1v) is 10.1. The van der Waals surface area contributed by atoms with Crippen LogP contribution in [0.3, 0.4) is 0 Å². The zero-order chi connectivity index (χ0) is 20.5. The lowest BCUT2D eigenvalue weighted by molar-refractivity contribution is -0.0258. The number of halogens is 1. The summed E-state index contributed by atoms with van der Waals surface area (Å²) >= 11 is 6.02. The topological polar surface area (TPSA) is 93.5 Å². The van der Waals surface area contributed by atoms with Crippen LogP contribution in [0.25, 0.3) is 11.0 Å². The summed E-state index contributed by atoms with van der Waals surface area (Å²) in [6, 6.07) is 11.7. The summed E-state index contributed by atoms with van der Waals surface area (Å²) in [5.41, 5.74) is 1.94. The second kappa shape index (κ2) is 7.88. The highest BCUT2D eigenvalue weighted by atomic mass is 35.5. The minimum Gasteiger partial charge on any atom is -0.345 e. The Morgan fingerprint density at radius 1 is 1.29 bits per heavy atom. The molecule has 2 aromatic carbocycles. The normalized spacial score (nSPS) is 11.9. The van der Waals surface area contributed by atoms with Crippen molar-refractivity contribution in [3.8, 4) is 0 Å². The van der Waals surface area contributed by atoms with Crippen LogP contribution < -0.4 is 5.32 Å². The third-order valence-electron chi connectivity index (χ3n) is 4.35. The molecule has 0 aliphatic rings. The summed E-state index contributed by atoms with van der Waals surface area (Å²) in [6.45, 7) is 0.187. The minimum atomic E-state index is -3.98. The Balaban J connectivity index is 1.83. The molecule has 10 heteroatoms. The summed E-state index contributed by atoms with van der Waals surface area (Å²) in [5, 5.41) is 2.75. The third-order valence-corrected chi connectivity index (χ3v) is 6.51. The van der Waals surface area contributed by atoms with Crippen molar-refractivity contribution in [2.24, 2.45) is 7.05 Å². The summed E-state index contributed by atoms with van der Waals surface area (Å²) in [4.78, 5) is 21.6. The van der Waals surface area contributed by atoms with Gasteiger partial charge in [-0.3, -0.25) is 9.63 Å². The number of sulfonamides is 1. The number of carbonyl (C=O) groups excluding carboxylic acids is 1. The van der Waals surface area contributed by atoms with Crippen molar-refractivity contribution >= 4 is 38.6 Å². The van der Waals surface area contributed by atoms with E-state index in [1.165, 1.54) is 32.4 Å². The number of fused-ring (bicyclic) bond motifs is 1. The van der Waals surface area contributed by atoms with Gasteiger partial charge in [0.05, 0.1) is 29.7 Å². The predicted octanol–water partition coefficient (Wildman–Crippen LogP) is 2.34. The van der Waals surface area contributed by atoms with E-state index in [0.717, 1.165) is 11.0 Å². The molecule has 1 heterocycles. The first-order chi connectivity index (χ1) is 13.3. The van der Waals surface area contributed by atoms with Gasteiger partial charge in [0.25, 0.3) is 15.9 Å². The van der Waals surface area contributed by atoms with Crippen molar-refractivity contribution in [3.63, 3.8) is 0 Å². The Bertz CT molecular complexity index is 1140. The van der Waals surface area contributed by atoms with Crippen LogP contribution in [-0.4, -0.2) is 42.5 Å². The van der Waals surface area contributed by atoms with Crippen LogP contribution in [0.1, 0.15) is 16.2 Å². The lowest BCUT2D eigenvalue weighted by Gasteiger charge is -2.15. The highest BCUT2D eigenvalue weighted by Gasteiger charge is 2.25. The summed E-state index contributed by atoms with van der Waals surface area (Å²) in [5.74, 6) is 0.232. The van der Waals surface area contributed by atoms with Crippen molar-refractivity contribution in [1.29, 1.82) is 0 Å². The van der Waals surface area contributed by atoms with Crippen LogP contribution in [0.15, 0.2) is 47.4 Å². The van der Waals surface area contributed by atoms with Gasteiger partial charge in [-0.2, -0.15) is 0 Å². The number of benzene rings is 2. The van der Waals surface area contributed by atoms with Crippen LogP contribution in [-0.2, 0) is 28.5 Å². The standard InChI is InChI=1S/C18H19ClN4O4S/c1-22-15-7-5-4-6-14(15)21-17(22)11-20-18(24)12-8-9-13(19)16(10-12)28(25,26)23(2)27-3/h4-10H,11H2,1-3H3,(H,20,24). The molecule has 1 amide bonds. The molecule has 0 atom stereocenters. The third kappa shape index (κ3) is 3.74.